The van der Waals surface area contributed by atoms with E-state index in [1.165, 1.54) is 0 Å². The minimum Gasteiger partial charge on any atom is -0.351 e. The van der Waals surface area contributed by atoms with Gasteiger partial charge in [-0.1, -0.05) is 6.07 Å². The second-order valence-corrected chi connectivity index (χ2v) is 5.77. The largest absolute Gasteiger partial charge is 0.351 e. The Morgan fingerprint density at radius 3 is 2.96 bits per heavy atom. The van der Waals surface area contributed by atoms with Crippen molar-refractivity contribution in [3.63, 3.8) is 0 Å². The quantitative estimate of drug-likeness (QED) is 0.560. The van der Waals surface area contributed by atoms with Crippen LogP contribution in [-0.4, -0.2) is 35.6 Å². The maximum Gasteiger partial charge on any atom is 0.234 e. The molecule has 0 aliphatic heterocycles. The van der Waals surface area contributed by atoms with E-state index in [-0.39, 0.29) is 12.3 Å². The number of carbonyl (C=O) groups excluding carboxylic acids is 1. The summed E-state index contributed by atoms with van der Waals surface area (Å²) in [5, 5.41) is 15.5. The number of H-pyrrole nitrogens is 1. The lowest BCUT2D eigenvalue weighted by Gasteiger charge is -2.04. The van der Waals surface area contributed by atoms with Crippen molar-refractivity contribution in [1.82, 2.24) is 35.0 Å². The van der Waals surface area contributed by atoms with Gasteiger partial charge in [0.1, 0.15) is 6.42 Å². The summed E-state index contributed by atoms with van der Waals surface area (Å²) in [6, 6.07) is 7.39. The highest BCUT2D eigenvalue weighted by atomic mass is 16.1. The molecule has 0 fully saturated rings. The van der Waals surface area contributed by atoms with E-state index in [4.69, 9.17) is 5.26 Å². The van der Waals surface area contributed by atoms with Gasteiger partial charge in [-0.2, -0.15) is 10.4 Å². The van der Waals surface area contributed by atoms with Crippen LogP contribution >= 0.6 is 0 Å². The van der Waals surface area contributed by atoms with Gasteiger partial charge in [0, 0.05) is 36.3 Å². The Bertz CT molecular complexity index is 1140. The first-order chi connectivity index (χ1) is 13.2. The number of nitrogens with zero attached hydrogens (tertiary/aromatic N) is 6. The molecule has 0 saturated carbocycles. The number of pyridine rings is 2. The number of fused-ring (bicyclic) bond motifs is 1. The van der Waals surface area contributed by atoms with E-state index < -0.39 is 0 Å². The average Bonchev–Trinajstić information content (AvgIpc) is 3.36. The molecule has 4 aromatic rings. The zero-order valence-electron chi connectivity index (χ0n) is 14.1. The van der Waals surface area contributed by atoms with Crippen molar-refractivity contribution in [1.29, 1.82) is 5.26 Å². The lowest BCUT2D eigenvalue weighted by atomic mass is 10.1. The third-order valence-corrected chi connectivity index (χ3v) is 3.99. The smallest absolute Gasteiger partial charge is 0.234 e. The Morgan fingerprint density at radius 1 is 1.22 bits per heavy atom. The Labute approximate surface area is 153 Å². The van der Waals surface area contributed by atoms with Crippen LogP contribution in [0, 0.1) is 11.3 Å². The summed E-state index contributed by atoms with van der Waals surface area (Å²) >= 11 is 0. The first kappa shape index (κ1) is 16.4. The molecule has 9 nitrogen and oxygen atoms in total. The summed E-state index contributed by atoms with van der Waals surface area (Å²) in [6.45, 7) is 0.326. The monoisotopic (exact) mass is 358 g/mol. The van der Waals surface area contributed by atoms with E-state index in [1.54, 1.807) is 29.6 Å². The summed E-state index contributed by atoms with van der Waals surface area (Å²) in [4.78, 5) is 27.2. The second kappa shape index (κ2) is 7.05. The molecule has 0 bridgehead atoms. The number of amides is 1. The van der Waals surface area contributed by atoms with Gasteiger partial charge in [0.25, 0.3) is 0 Å². The van der Waals surface area contributed by atoms with Crippen LogP contribution in [0.2, 0.25) is 0 Å². The highest BCUT2D eigenvalue weighted by Crippen LogP contribution is 2.25. The van der Waals surface area contributed by atoms with E-state index in [9.17, 15) is 4.79 Å². The summed E-state index contributed by atoms with van der Waals surface area (Å²) in [5.74, 6) is 0.351. The second-order valence-electron chi connectivity index (χ2n) is 5.77. The minimum absolute atomic E-state index is 0.153. The van der Waals surface area contributed by atoms with Gasteiger partial charge < -0.3 is 10.3 Å². The van der Waals surface area contributed by atoms with Gasteiger partial charge in [0.15, 0.2) is 11.5 Å². The number of rotatable bonds is 5. The third kappa shape index (κ3) is 3.36. The molecule has 0 spiro atoms. The van der Waals surface area contributed by atoms with Crippen molar-refractivity contribution in [3.8, 4) is 23.0 Å². The predicted octanol–water partition coefficient (Wildman–Crippen LogP) is 1.74. The van der Waals surface area contributed by atoms with E-state index in [0.717, 1.165) is 22.2 Å². The fraction of sp³-hybridized carbons (Fsp3) is 0.111. The van der Waals surface area contributed by atoms with Crippen LogP contribution in [-0.2, 0) is 11.3 Å². The van der Waals surface area contributed by atoms with Crippen molar-refractivity contribution in [2.45, 2.75) is 13.0 Å². The van der Waals surface area contributed by atoms with E-state index in [1.807, 2.05) is 30.5 Å². The lowest BCUT2D eigenvalue weighted by molar-refractivity contribution is -0.120. The maximum atomic E-state index is 11.3. The number of hydrogen-bond acceptors (Lipinski definition) is 6. The Balaban J connectivity index is 1.53. The third-order valence-electron chi connectivity index (χ3n) is 3.99. The first-order valence-corrected chi connectivity index (χ1v) is 8.16. The van der Waals surface area contributed by atoms with Crippen LogP contribution in [0.1, 0.15) is 12.0 Å². The molecule has 0 saturated heterocycles. The summed E-state index contributed by atoms with van der Waals surface area (Å²) < 4.78 is 1.68. The number of nitrogens with one attached hydrogen (secondary N) is 2. The van der Waals surface area contributed by atoms with Crippen molar-refractivity contribution in [3.05, 3.63) is 54.9 Å². The molecule has 0 aliphatic carbocycles. The van der Waals surface area contributed by atoms with Gasteiger partial charge in [-0.15, -0.1) is 0 Å². The standard InChI is InChI=1S/C18H14N8O/c19-5-3-16(27)22-8-12-1-2-15(21-7-12)26-10-13(9-25-26)14-4-6-20-18-17(14)23-11-24-18/h1-2,4,6-7,9-11H,3,8H2,(H,22,27)(H,20,23,24). The number of aromatic nitrogens is 6. The molecule has 132 valence electrons. The zero-order chi connectivity index (χ0) is 18.6. The molecule has 27 heavy (non-hydrogen) atoms. The lowest BCUT2D eigenvalue weighted by Crippen LogP contribution is -2.21. The van der Waals surface area contributed by atoms with Crippen LogP contribution in [0.3, 0.4) is 0 Å². The molecule has 4 rings (SSSR count). The van der Waals surface area contributed by atoms with Gasteiger partial charge in [-0.25, -0.2) is 19.6 Å². The van der Waals surface area contributed by atoms with E-state index in [2.05, 4.69) is 30.4 Å². The molecule has 1 amide bonds. The zero-order valence-corrected chi connectivity index (χ0v) is 14.1. The highest BCUT2D eigenvalue weighted by molar-refractivity contribution is 5.88. The number of hydrogen-bond donors (Lipinski definition) is 2. The summed E-state index contributed by atoms with van der Waals surface area (Å²) in [5.41, 5.74) is 4.22. The summed E-state index contributed by atoms with van der Waals surface area (Å²) in [7, 11) is 0. The molecular formula is C18H14N8O. The normalized spacial score (nSPS) is 10.6. The van der Waals surface area contributed by atoms with Gasteiger partial charge in [0.05, 0.1) is 24.1 Å². The number of imidazole rings is 1. The van der Waals surface area contributed by atoms with Crippen LogP contribution in [0.4, 0.5) is 0 Å². The van der Waals surface area contributed by atoms with E-state index >= 15 is 0 Å². The van der Waals surface area contributed by atoms with Crippen LogP contribution in [0.25, 0.3) is 28.1 Å². The van der Waals surface area contributed by atoms with E-state index in [0.29, 0.717) is 18.0 Å². The van der Waals surface area contributed by atoms with Crippen LogP contribution in [0.15, 0.2) is 49.3 Å². The maximum absolute atomic E-state index is 11.3. The molecular weight excluding hydrogens is 344 g/mol. The predicted molar refractivity (Wildman–Crippen MR) is 96.3 cm³/mol. The molecule has 2 N–H and O–H groups in total. The van der Waals surface area contributed by atoms with Crippen LogP contribution in [0.5, 0.6) is 0 Å². The van der Waals surface area contributed by atoms with Gasteiger partial charge in [0.2, 0.25) is 5.91 Å². The topological polar surface area (TPSA) is 125 Å². The molecule has 4 heterocycles. The Morgan fingerprint density at radius 2 is 2.15 bits per heavy atom. The van der Waals surface area contributed by atoms with Crippen molar-refractivity contribution in [2.75, 3.05) is 0 Å². The van der Waals surface area contributed by atoms with Gasteiger partial charge in [-0.05, 0) is 17.7 Å². The molecule has 0 unspecified atom stereocenters. The Kier molecular flexibility index (Phi) is 4.29. The molecule has 0 aliphatic rings. The molecule has 4 aromatic heterocycles. The first-order valence-electron chi connectivity index (χ1n) is 8.16. The molecule has 0 atom stereocenters. The highest BCUT2D eigenvalue weighted by Gasteiger charge is 2.10. The fourth-order valence-electron chi connectivity index (χ4n) is 2.67. The molecule has 0 aromatic carbocycles. The van der Waals surface area contributed by atoms with Gasteiger partial charge >= 0.3 is 0 Å². The Hall–Kier alpha value is -4.06. The number of aromatic amines is 1. The summed E-state index contributed by atoms with van der Waals surface area (Å²) in [6.07, 6.45) is 8.48. The molecule has 9 heteroatoms. The average molecular weight is 358 g/mol. The fourth-order valence-corrected chi connectivity index (χ4v) is 2.67. The van der Waals surface area contributed by atoms with Crippen molar-refractivity contribution < 1.29 is 4.79 Å². The number of nitriles is 1. The minimum atomic E-state index is -0.305. The number of carbonyl (C=O) groups is 1. The van der Waals surface area contributed by atoms with Crippen molar-refractivity contribution >= 4 is 17.1 Å². The SMILES string of the molecule is N#CCC(=O)NCc1ccc(-n2cc(-c3ccnc4nc[nH]c34)cn2)nc1. The van der Waals surface area contributed by atoms with Crippen LogP contribution < -0.4 is 5.32 Å². The molecule has 0 radical (unpaired) electrons. The van der Waals surface area contributed by atoms with Gasteiger partial charge in [-0.3, -0.25) is 4.79 Å². The van der Waals surface area contributed by atoms with Crippen molar-refractivity contribution in [2.24, 2.45) is 0 Å².